The first-order valence-corrected chi connectivity index (χ1v) is 7.90. The van der Waals surface area contributed by atoms with Gasteiger partial charge in [-0.15, -0.1) is 0 Å². The van der Waals surface area contributed by atoms with Gasteiger partial charge < -0.3 is 5.32 Å². The minimum Gasteiger partial charge on any atom is -0.378 e. The first-order valence-electron chi connectivity index (χ1n) is 7.52. The second-order valence-electron chi connectivity index (χ2n) is 5.75. The van der Waals surface area contributed by atoms with Crippen LogP contribution in [0, 0.1) is 0 Å². The van der Waals surface area contributed by atoms with Crippen LogP contribution in [0.1, 0.15) is 38.5 Å². The third-order valence-corrected chi connectivity index (χ3v) is 4.50. The molecule has 0 radical (unpaired) electrons. The summed E-state index contributed by atoms with van der Waals surface area (Å²) < 4.78 is 0. The molecule has 3 rings (SSSR count). The molecule has 0 aromatic heterocycles. The van der Waals surface area contributed by atoms with Crippen LogP contribution in [0.5, 0.6) is 0 Å². The Kier molecular flexibility index (Phi) is 4.11. The molecule has 0 aliphatic heterocycles. The molecule has 0 spiro atoms. The maximum atomic E-state index is 11.9. The highest BCUT2D eigenvalue weighted by molar-refractivity contribution is 6.30. The zero-order valence-corrected chi connectivity index (χ0v) is 12.6. The fourth-order valence-electron chi connectivity index (χ4n) is 3.05. The fourth-order valence-corrected chi connectivity index (χ4v) is 3.18. The van der Waals surface area contributed by atoms with Crippen molar-refractivity contribution >= 4 is 17.3 Å². The van der Waals surface area contributed by atoms with E-state index in [1.54, 1.807) is 24.3 Å². The third kappa shape index (κ3) is 2.88. The van der Waals surface area contributed by atoms with Crippen LogP contribution in [0.4, 0.5) is 5.69 Å². The van der Waals surface area contributed by atoms with E-state index in [0.29, 0.717) is 22.3 Å². The van der Waals surface area contributed by atoms with E-state index in [9.17, 15) is 9.59 Å². The van der Waals surface area contributed by atoms with Crippen molar-refractivity contribution in [1.82, 2.24) is 0 Å². The van der Waals surface area contributed by atoms with E-state index >= 15 is 0 Å². The van der Waals surface area contributed by atoms with Crippen molar-refractivity contribution in [2.24, 2.45) is 0 Å². The molecule has 0 unspecified atom stereocenters. The lowest BCUT2D eigenvalue weighted by Gasteiger charge is -2.20. The molecule has 4 heteroatoms. The molecule has 0 heterocycles. The Morgan fingerprint density at radius 3 is 2.14 bits per heavy atom. The molecular weight excluding hydrogens is 286 g/mol. The van der Waals surface area contributed by atoms with Gasteiger partial charge in [0.05, 0.1) is 11.3 Å². The minimum absolute atomic E-state index is 0.307. The van der Waals surface area contributed by atoms with Gasteiger partial charge in [0.2, 0.25) is 10.9 Å². The maximum Gasteiger partial charge on any atom is 0.250 e. The molecule has 0 saturated heterocycles. The molecule has 2 aromatic rings. The SMILES string of the molecule is O=c1c(NC2CCCCCC2)c(-c2ccc(Cl)cc2)c1=O. The average molecular weight is 304 g/mol. The number of hydrogen-bond acceptors (Lipinski definition) is 3. The van der Waals surface area contributed by atoms with E-state index in [4.69, 9.17) is 11.6 Å². The Labute approximate surface area is 128 Å². The summed E-state index contributed by atoms with van der Waals surface area (Å²) in [4.78, 5) is 23.8. The zero-order valence-electron chi connectivity index (χ0n) is 11.8. The molecule has 0 atom stereocenters. The standard InChI is InChI=1S/C17H18ClNO2/c18-12-9-7-11(8-10-12)14-15(17(21)16(14)20)19-13-5-3-1-2-4-6-13/h7-10,13,19H,1-6H2. The smallest absolute Gasteiger partial charge is 0.250 e. The minimum atomic E-state index is -0.395. The topological polar surface area (TPSA) is 46.2 Å². The van der Waals surface area contributed by atoms with E-state index in [0.717, 1.165) is 18.4 Å². The van der Waals surface area contributed by atoms with Crippen LogP contribution in [0.15, 0.2) is 33.9 Å². The first-order chi connectivity index (χ1) is 10.2. The van der Waals surface area contributed by atoms with Crippen molar-refractivity contribution in [2.75, 3.05) is 5.32 Å². The molecule has 1 aliphatic carbocycles. The summed E-state index contributed by atoms with van der Waals surface area (Å²) >= 11 is 5.87. The van der Waals surface area contributed by atoms with Crippen molar-refractivity contribution in [3.8, 4) is 11.1 Å². The summed E-state index contributed by atoms with van der Waals surface area (Å²) in [7, 11) is 0. The highest BCUT2D eigenvalue weighted by Gasteiger charge is 2.24. The van der Waals surface area contributed by atoms with Gasteiger partial charge >= 0.3 is 0 Å². The normalized spacial score (nSPS) is 16.8. The number of halogens is 1. The van der Waals surface area contributed by atoms with Crippen molar-refractivity contribution in [2.45, 2.75) is 44.6 Å². The highest BCUT2D eigenvalue weighted by Crippen LogP contribution is 2.27. The Bertz CT molecular complexity index is 690. The number of benzene rings is 1. The molecule has 110 valence electrons. The molecule has 1 fully saturated rings. The number of nitrogens with one attached hydrogen (secondary N) is 1. The molecular formula is C17H18ClNO2. The van der Waals surface area contributed by atoms with Crippen LogP contribution < -0.4 is 16.2 Å². The summed E-state index contributed by atoms with van der Waals surface area (Å²) in [5.74, 6) is 0. The summed E-state index contributed by atoms with van der Waals surface area (Å²) in [5.41, 5.74) is 0.993. The van der Waals surface area contributed by atoms with E-state index in [1.807, 2.05) is 0 Å². The van der Waals surface area contributed by atoms with Gasteiger partial charge in [0.15, 0.2) is 0 Å². The Hall–Kier alpha value is -1.61. The summed E-state index contributed by atoms with van der Waals surface area (Å²) in [5, 5.41) is 3.94. The van der Waals surface area contributed by atoms with Gasteiger partial charge in [-0.2, -0.15) is 0 Å². The van der Waals surface area contributed by atoms with Gasteiger partial charge in [0.25, 0.3) is 0 Å². The molecule has 1 N–H and O–H groups in total. The summed E-state index contributed by atoms with van der Waals surface area (Å²) in [6.07, 6.45) is 7.02. The number of anilines is 1. The largest absolute Gasteiger partial charge is 0.378 e. The van der Waals surface area contributed by atoms with Crippen LogP contribution in [-0.4, -0.2) is 6.04 Å². The monoisotopic (exact) mass is 303 g/mol. The van der Waals surface area contributed by atoms with Gasteiger partial charge in [0.1, 0.15) is 0 Å². The van der Waals surface area contributed by atoms with Crippen molar-refractivity contribution in [3.05, 3.63) is 49.7 Å². The molecule has 1 saturated carbocycles. The highest BCUT2D eigenvalue weighted by atomic mass is 35.5. The molecule has 0 amide bonds. The van der Waals surface area contributed by atoms with Crippen molar-refractivity contribution in [1.29, 1.82) is 0 Å². The molecule has 21 heavy (non-hydrogen) atoms. The number of hydrogen-bond donors (Lipinski definition) is 1. The van der Waals surface area contributed by atoms with E-state index in [2.05, 4.69) is 5.32 Å². The summed E-state index contributed by atoms with van der Waals surface area (Å²) in [6.45, 7) is 0. The molecule has 2 aromatic carbocycles. The van der Waals surface area contributed by atoms with Gasteiger partial charge in [0, 0.05) is 11.1 Å². The van der Waals surface area contributed by atoms with Gasteiger partial charge in [-0.05, 0) is 30.5 Å². The zero-order chi connectivity index (χ0) is 14.8. The Morgan fingerprint density at radius 2 is 1.52 bits per heavy atom. The third-order valence-electron chi connectivity index (χ3n) is 4.25. The Morgan fingerprint density at radius 1 is 0.905 bits per heavy atom. The van der Waals surface area contributed by atoms with Gasteiger partial charge in [-0.1, -0.05) is 49.4 Å². The molecule has 1 aliphatic rings. The summed E-state index contributed by atoms with van der Waals surface area (Å²) in [6, 6.07) is 7.36. The van der Waals surface area contributed by atoms with Crippen LogP contribution in [0.3, 0.4) is 0 Å². The second kappa shape index (κ2) is 6.02. The first kappa shape index (κ1) is 14.3. The fraction of sp³-hybridized carbons (Fsp3) is 0.412. The Balaban J connectivity index is 1.86. The van der Waals surface area contributed by atoms with Gasteiger partial charge in [-0.3, -0.25) is 9.59 Å². The van der Waals surface area contributed by atoms with E-state index < -0.39 is 5.43 Å². The van der Waals surface area contributed by atoms with Gasteiger partial charge in [-0.25, -0.2) is 0 Å². The van der Waals surface area contributed by atoms with Crippen LogP contribution in [0.2, 0.25) is 5.02 Å². The average Bonchev–Trinajstić information content (AvgIpc) is 2.77. The number of rotatable bonds is 3. The van der Waals surface area contributed by atoms with Crippen molar-refractivity contribution in [3.63, 3.8) is 0 Å². The molecule has 0 bridgehead atoms. The lowest BCUT2D eigenvalue weighted by molar-refractivity contribution is 0.619. The van der Waals surface area contributed by atoms with Crippen LogP contribution in [-0.2, 0) is 0 Å². The quantitative estimate of drug-likeness (QED) is 0.694. The lowest BCUT2D eigenvalue weighted by Crippen LogP contribution is -2.38. The lowest BCUT2D eigenvalue weighted by atomic mass is 9.97. The predicted octanol–water partition coefficient (Wildman–Crippen LogP) is 3.74. The maximum absolute atomic E-state index is 11.9. The molecule has 3 nitrogen and oxygen atoms in total. The van der Waals surface area contributed by atoms with E-state index in [-0.39, 0.29) is 5.43 Å². The van der Waals surface area contributed by atoms with Crippen LogP contribution in [0.25, 0.3) is 11.1 Å². The van der Waals surface area contributed by atoms with Crippen molar-refractivity contribution < 1.29 is 0 Å². The predicted molar refractivity (Wildman–Crippen MR) is 86.9 cm³/mol. The second-order valence-corrected chi connectivity index (χ2v) is 6.18. The van der Waals surface area contributed by atoms with Crippen LogP contribution >= 0.6 is 11.6 Å². The van der Waals surface area contributed by atoms with E-state index in [1.165, 1.54) is 25.7 Å².